The fourth-order valence-corrected chi connectivity index (χ4v) is 3.17. The number of nitrogens with zero attached hydrogens (tertiary/aromatic N) is 1. The average molecular weight is 424 g/mol. The molecule has 0 aliphatic rings. The van der Waals surface area contributed by atoms with E-state index in [1.807, 2.05) is 5.38 Å². The maximum atomic E-state index is 12.1. The van der Waals surface area contributed by atoms with Crippen LogP contribution in [-0.4, -0.2) is 32.3 Å². The number of ether oxygens (including phenoxy) is 3. The van der Waals surface area contributed by atoms with Crippen LogP contribution in [0.3, 0.4) is 0 Å². The average Bonchev–Trinajstić information content (AvgIpc) is 3.30. The minimum Gasteiger partial charge on any atom is -0.493 e. The number of rotatable bonds is 8. The lowest BCUT2D eigenvalue weighted by Gasteiger charge is -2.09. The number of hydrazone groups is 1. The van der Waals surface area contributed by atoms with Crippen LogP contribution in [0.15, 0.2) is 65.1 Å². The molecule has 3 rings (SSSR count). The van der Waals surface area contributed by atoms with Crippen LogP contribution in [0.1, 0.15) is 20.8 Å². The molecule has 0 saturated carbocycles. The second-order valence-electron chi connectivity index (χ2n) is 6.10. The SMILES string of the molecule is COc1ccc(CC(=O)N/N=C/c2ccc(OC(=O)c3cccs3)cc2)cc1OC. The Kier molecular flexibility index (Phi) is 7.18. The molecule has 0 aliphatic carbocycles. The summed E-state index contributed by atoms with van der Waals surface area (Å²) in [6.07, 6.45) is 1.66. The topological polar surface area (TPSA) is 86.2 Å². The molecule has 3 aromatic rings. The summed E-state index contributed by atoms with van der Waals surface area (Å²) in [6, 6.07) is 15.6. The number of hydrogen-bond acceptors (Lipinski definition) is 7. The summed E-state index contributed by atoms with van der Waals surface area (Å²) < 4.78 is 15.7. The van der Waals surface area contributed by atoms with Gasteiger partial charge in [-0.25, -0.2) is 10.2 Å². The Balaban J connectivity index is 1.51. The molecule has 0 saturated heterocycles. The second-order valence-corrected chi connectivity index (χ2v) is 7.04. The van der Waals surface area contributed by atoms with Gasteiger partial charge in [-0.05, 0) is 59.0 Å². The molecule has 0 bridgehead atoms. The van der Waals surface area contributed by atoms with Crippen LogP contribution in [0.25, 0.3) is 0 Å². The van der Waals surface area contributed by atoms with E-state index in [2.05, 4.69) is 10.5 Å². The van der Waals surface area contributed by atoms with Gasteiger partial charge in [0.25, 0.3) is 0 Å². The summed E-state index contributed by atoms with van der Waals surface area (Å²) in [7, 11) is 3.10. The van der Waals surface area contributed by atoms with Crippen molar-refractivity contribution in [1.29, 1.82) is 0 Å². The molecule has 1 aromatic heterocycles. The quantitative estimate of drug-likeness (QED) is 0.258. The van der Waals surface area contributed by atoms with E-state index in [9.17, 15) is 9.59 Å². The molecular formula is C22H20N2O5S. The van der Waals surface area contributed by atoms with E-state index in [0.717, 1.165) is 11.1 Å². The summed E-state index contributed by atoms with van der Waals surface area (Å²) >= 11 is 1.32. The first-order chi connectivity index (χ1) is 14.6. The highest BCUT2D eigenvalue weighted by Crippen LogP contribution is 2.27. The third-order valence-corrected chi connectivity index (χ3v) is 4.88. The molecule has 1 N–H and O–H groups in total. The van der Waals surface area contributed by atoms with Gasteiger partial charge in [-0.1, -0.05) is 12.1 Å². The Morgan fingerprint density at radius 3 is 2.47 bits per heavy atom. The lowest BCUT2D eigenvalue weighted by Crippen LogP contribution is -2.19. The van der Waals surface area contributed by atoms with Crippen LogP contribution in [-0.2, 0) is 11.2 Å². The molecule has 2 aromatic carbocycles. The van der Waals surface area contributed by atoms with Gasteiger partial charge in [-0.2, -0.15) is 5.10 Å². The number of hydrogen-bond donors (Lipinski definition) is 1. The molecule has 1 heterocycles. The van der Waals surface area contributed by atoms with E-state index in [1.165, 1.54) is 17.6 Å². The third kappa shape index (κ3) is 5.68. The second kappa shape index (κ2) is 10.2. The number of thiophene rings is 1. The number of amides is 1. The molecule has 154 valence electrons. The minimum absolute atomic E-state index is 0.148. The number of methoxy groups -OCH3 is 2. The smallest absolute Gasteiger partial charge is 0.353 e. The normalized spacial score (nSPS) is 10.6. The Morgan fingerprint density at radius 2 is 1.80 bits per heavy atom. The summed E-state index contributed by atoms with van der Waals surface area (Å²) in [6.45, 7) is 0. The number of carbonyl (C=O) groups excluding carboxylic acids is 2. The van der Waals surface area contributed by atoms with Crippen LogP contribution in [0.4, 0.5) is 0 Å². The van der Waals surface area contributed by atoms with E-state index in [-0.39, 0.29) is 12.3 Å². The van der Waals surface area contributed by atoms with Crippen molar-refractivity contribution in [3.63, 3.8) is 0 Å². The fourth-order valence-electron chi connectivity index (χ4n) is 2.57. The van der Waals surface area contributed by atoms with Gasteiger partial charge in [0.05, 0.1) is 26.9 Å². The highest BCUT2D eigenvalue weighted by Gasteiger charge is 2.09. The summed E-state index contributed by atoms with van der Waals surface area (Å²) in [5, 5.41) is 5.77. The van der Waals surface area contributed by atoms with Gasteiger partial charge in [-0.3, -0.25) is 4.79 Å². The summed E-state index contributed by atoms with van der Waals surface area (Å²) in [5.74, 6) is 0.937. The zero-order valence-corrected chi connectivity index (χ0v) is 17.3. The van der Waals surface area contributed by atoms with E-state index < -0.39 is 5.97 Å². The van der Waals surface area contributed by atoms with E-state index in [0.29, 0.717) is 22.1 Å². The predicted molar refractivity (Wildman–Crippen MR) is 115 cm³/mol. The zero-order chi connectivity index (χ0) is 21.3. The van der Waals surface area contributed by atoms with Crippen LogP contribution in [0, 0.1) is 0 Å². The van der Waals surface area contributed by atoms with Gasteiger partial charge in [0.15, 0.2) is 11.5 Å². The van der Waals surface area contributed by atoms with Gasteiger partial charge in [-0.15, -0.1) is 11.3 Å². The van der Waals surface area contributed by atoms with Crippen molar-refractivity contribution in [2.24, 2.45) is 5.10 Å². The van der Waals surface area contributed by atoms with Gasteiger partial charge < -0.3 is 14.2 Å². The molecule has 0 fully saturated rings. The molecule has 30 heavy (non-hydrogen) atoms. The number of benzene rings is 2. The zero-order valence-electron chi connectivity index (χ0n) is 16.5. The number of carbonyl (C=O) groups is 2. The number of nitrogens with one attached hydrogen (secondary N) is 1. The predicted octanol–water partition coefficient (Wildman–Crippen LogP) is 3.68. The molecule has 0 aliphatic heterocycles. The first-order valence-electron chi connectivity index (χ1n) is 8.97. The Labute approximate surface area is 177 Å². The Morgan fingerprint density at radius 1 is 1.03 bits per heavy atom. The first kappa shape index (κ1) is 21.1. The standard InChI is InChI=1S/C22H20N2O5S/c1-27-18-10-7-16(12-19(18)28-2)13-21(25)24-23-14-15-5-8-17(9-6-15)29-22(26)20-4-3-11-30-20/h3-12,14H,13H2,1-2H3,(H,24,25)/b23-14+. The summed E-state index contributed by atoms with van der Waals surface area (Å²) in [4.78, 5) is 24.6. The monoisotopic (exact) mass is 424 g/mol. The van der Waals surface area contributed by atoms with Crippen LogP contribution in [0.5, 0.6) is 17.2 Å². The Hall–Kier alpha value is -3.65. The highest BCUT2D eigenvalue weighted by molar-refractivity contribution is 7.12. The fraction of sp³-hybridized carbons (Fsp3) is 0.136. The molecule has 8 heteroatoms. The van der Waals surface area contributed by atoms with Crippen molar-refractivity contribution in [2.75, 3.05) is 14.2 Å². The first-order valence-corrected chi connectivity index (χ1v) is 9.85. The van der Waals surface area contributed by atoms with Crippen molar-refractivity contribution in [3.05, 3.63) is 76.0 Å². The molecule has 7 nitrogen and oxygen atoms in total. The van der Waals surface area contributed by atoms with Gasteiger partial charge >= 0.3 is 5.97 Å². The Bertz CT molecular complexity index is 1030. The van der Waals surface area contributed by atoms with E-state index in [1.54, 1.807) is 68.8 Å². The van der Waals surface area contributed by atoms with Crippen molar-refractivity contribution >= 4 is 29.4 Å². The van der Waals surface area contributed by atoms with Gasteiger partial charge in [0, 0.05) is 0 Å². The molecule has 0 radical (unpaired) electrons. The molecular weight excluding hydrogens is 404 g/mol. The maximum Gasteiger partial charge on any atom is 0.353 e. The highest BCUT2D eigenvalue weighted by atomic mass is 32.1. The van der Waals surface area contributed by atoms with Gasteiger partial charge in [0.1, 0.15) is 10.6 Å². The molecule has 0 unspecified atom stereocenters. The number of esters is 1. The van der Waals surface area contributed by atoms with Crippen molar-refractivity contribution in [3.8, 4) is 17.2 Å². The minimum atomic E-state index is -0.395. The lowest BCUT2D eigenvalue weighted by molar-refractivity contribution is -0.120. The van der Waals surface area contributed by atoms with Crippen molar-refractivity contribution in [2.45, 2.75) is 6.42 Å². The van der Waals surface area contributed by atoms with E-state index >= 15 is 0 Å². The van der Waals surface area contributed by atoms with Crippen molar-refractivity contribution < 1.29 is 23.8 Å². The molecule has 0 atom stereocenters. The molecule has 0 spiro atoms. The van der Waals surface area contributed by atoms with Crippen LogP contribution < -0.4 is 19.6 Å². The summed E-state index contributed by atoms with van der Waals surface area (Å²) in [5.41, 5.74) is 4.01. The van der Waals surface area contributed by atoms with Gasteiger partial charge in [0.2, 0.25) is 5.91 Å². The largest absolute Gasteiger partial charge is 0.493 e. The van der Waals surface area contributed by atoms with E-state index in [4.69, 9.17) is 14.2 Å². The maximum absolute atomic E-state index is 12.1. The van der Waals surface area contributed by atoms with Crippen LogP contribution in [0.2, 0.25) is 0 Å². The van der Waals surface area contributed by atoms with Crippen molar-refractivity contribution in [1.82, 2.24) is 5.43 Å². The van der Waals surface area contributed by atoms with Crippen LogP contribution >= 0.6 is 11.3 Å². The third-order valence-electron chi connectivity index (χ3n) is 4.03. The molecule has 1 amide bonds. The lowest BCUT2D eigenvalue weighted by atomic mass is 10.1.